The molecule has 12 N–H and O–H groups in total. The number of carbonyl (C=O) groups is 1. The lowest BCUT2D eigenvalue weighted by atomic mass is 9.96. The predicted molar refractivity (Wildman–Crippen MR) is 323 cm³/mol. The molecule has 84 heavy (non-hydrogen) atoms. The molecular weight excluding hydrogens is 1080 g/mol. The van der Waals surface area contributed by atoms with Gasteiger partial charge in [-0.05, 0) is 51.4 Å². The number of unbranched alkanes of at least 4 members (excludes halogenated alkanes) is 28. The zero-order valence-corrected chi connectivity index (χ0v) is 51.6. The molecule has 3 fully saturated rings. The van der Waals surface area contributed by atoms with Gasteiger partial charge in [0.25, 0.3) is 0 Å². The number of amides is 1. The van der Waals surface area contributed by atoms with Crippen molar-refractivity contribution in [2.24, 2.45) is 0 Å². The fraction of sp³-hybridized carbons (Fsp3) is 0.892. The van der Waals surface area contributed by atoms with Crippen molar-refractivity contribution in [1.29, 1.82) is 0 Å². The Morgan fingerprint density at radius 3 is 1.23 bits per heavy atom. The maximum Gasteiger partial charge on any atom is 0.220 e. The zero-order valence-electron chi connectivity index (χ0n) is 51.6. The molecule has 0 saturated carbocycles. The van der Waals surface area contributed by atoms with Crippen LogP contribution in [0.25, 0.3) is 0 Å². The van der Waals surface area contributed by atoms with E-state index in [9.17, 15) is 61.0 Å². The van der Waals surface area contributed by atoms with Gasteiger partial charge in [0.05, 0.1) is 38.6 Å². The second kappa shape index (κ2) is 47.9. The molecule has 0 radical (unpaired) electrons. The molecule has 0 aromatic heterocycles. The Morgan fingerprint density at radius 2 is 0.786 bits per heavy atom. The lowest BCUT2D eigenvalue weighted by Crippen LogP contribution is -2.66. The first-order valence-corrected chi connectivity index (χ1v) is 33.2. The number of aliphatic hydroxyl groups excluding tert-OH is 11. The predicted octanol–water partition coefficient (Wildman–Crippen LogP) is 7.66. The summed E-state index contributed by atoms with van der Waals surface area (Å²) in [4.78, 5) is 13.3. The summed E-state index contributed by atoms with van der Waals surface area (Å²) in [6.07, 6.45) is 27.4. The first-order valence-electron chi connectivity index (χ1n) is 33.2. The Hall–Kier alpha value is -1.99. The van der Waals surface area contributed by atoms with E-state index in [2.05, 4.69) is 55.6 Å². The molecule has 17 unspecified atom stereocenters. The number of hydrogen-bond acceptors (Lipinski definition) is 18. The van der Waals surface area contributed by atoms with Crippen LogP contribution in [0.4, 0.5) is 0 Å². The van der Waals surface area contributed by atoms with Gasteiger partial charge in [-0.1, -0.05) is 217 Å². The van der Waals surface area contributed by atoms with Crippen molar-refractivity contribution in [3.8, 4) is 0 Å². The highest BCUT2D eigenvalue weighted by molar-refractivity contribution is 5.76. The number of ether oxygens (including phenoxy) is 6. The van der Waals surface area contributed by atoms with Crippen LogP contribution < -0.4 is 5.32 Å². The number of nitrogens with one attached hydrogen (secondary N) is 1. The quantitative estimate of drug-likeness (QED) is 0.0205. The third-order valence-electron chi connectivity index (χ3n) is 16.7. The Balaban J connectivity index is 1.29. The van der Waals surface area contributed by atoms with Crippen molar-refractivity contribution in [3.63, 3.8) is 0 Å². The number of carbonyl (C=O) groups excluding carboxylic acids is 1. The highest BCUT2D eigenvalue weighted by Crippen LogP contribution is 2.33. The van der Waals surface area contributed by atoms with Crippen LogP contribution in [0.3, 0.4) is 0 Å². The SMILES string of the molecule is CCCCCCC/C=C\C/C=C\C/C=C\CCCCCCCCCCCCCCCCCCCCC(=O)NC(COC1OC(CO)C(OC2OC(CO)C(OC3OC(CO)C(O)C(O)C3O)C(O)C2O)C(O)C1O)C(O)CCCCCCCC. The summed E-state index contributed by atoms with van der Waals surface area (Å²) in [5.74, 6) is -0.247. The smallest absolute Gasteiger partial charge is 0.220 e. The zero-order chi connectivity index (χ0) is 61.2. The average Bonchev–Trinajstić information content (AvgIpc) is 2.27. The van der Waals surface area contributed by atoms with Gasteiger partial charge in [0.15, 0.2) is 18.9 Å². The van der Waals surface area contributed by atoms with Gasteiger partial charge in [-0.3, -0.25) is 4.79 Å². The number of aliphatic hydroxyl groups is 11. The van der Waals surface area contributed by atoms with Gasteiger partial charge in [-0.2, -0.15) is 0 Å². The normalized spacial score (nSPS) is 29.4. The highest BCUT2D eigenvalue weighted by atomic mass is 16.8. The molecule has 3 rings (SSSR count). The van der Waals surface area contributed by atoms with Gasteiger partial charge in [0.1, 0.15) is 73.2 Å². The molecule has 19 nitrogen and oxygen atoms in total. The van der Waals surface area contributed by atoms with E-state index < -0.39 is 124 Å². The van der Waals surface area contributed by atoms with Crippen molar-refractivity contribution >= 4 is 5.91 Å². The van der Waals surface area contributed by atoms with Gasteiger partial charge < -0.3 is 89.9 Å². The summed E-state index contributed by atoms with van der Waals surface area (Å²) in [6.45, 7) is 1.70. The van der Waals surface area contributed by atoms with Gasteiger partial charge >= 0.3 is 0 Å². The number of hydrogen-bond donors (Lipinski definition) is 12. The number of rotatable bonds is 50. The van der Waals surface area contributed by atoms with E-state index in [-0.39, 0.29) is 18.9 Å². The topological polar surface area (TPSA) is 307 Å². The van der Waals surface area contributed by atoms with E-state index in [1.165, 1.54) is 135 Å². The second-order valence-corrected chi connectivity index (χ2v) is 23.9. The molecule has 3 aliphatic rings. The van der Waals surface area contributed by atoms with Gasteiger partial charge in [0, 0.05) is 6.42 Å². The van der Waals surface area contributed by atoms with Crippen molar-refractivity contribution in [2.75, 3.05) is 26.4 Å². The molecular formula is C65H119NO18. The average molecular weight is 1200 g/mol. The minimum absolute atomic E-state index is 0.247. The van der Waals surface area contributed by atoms with E-state index >= 15 is 0 Å². The Morgan fingerprint density at radius 1 is 0.429 bits per heavy atom. The van der Waals surface area contributed by atoms with Crippen LogP contribution in [0.2, 0.25) is 0 Å². The minimum atomic E-state index is -1.97. The molecule has 0 spiro atoms. The van der Waals surface area contributed by atoms with E-state index in [1.807, 2.05) is 0 Å². The summed E-state index contributed by atoms with van der Waals surface area (Å²) in [7, 11) is 0. The molecule has 492 valence electrons. The van der Waals surface area contributed by atoms with Gasteiger partial charge in [-0.25, -0.2) is 0 Å². The Kier molecular flexibility index (Phi) is 43.5. The second-order valence-electron chi connectivity index (χ2n) is 23.9. The lowest BCUT2D eigenvalue weighted by molar-refractivity contribution is -0.379. The maximum absolute atomic E-state index is 13.3. The van der Waals surface area contributed by atoms with Crippen molar-refractivity contribution < 1.29 is 89.4 Å². The Bertz CT molecular complexity index is 1670. The maximum atomic E-state index is 13.3. The van der Waals surface area contributed by atoms with E-state index in [0.29, 0.717) is 12.8 Å². The highest BCUT2D eigenvalue weighted by Gasteiger charge is 2.53. The molecule has 3 heterocycles. The molecule has 17 atom stereocenters. The van der Waals surface area contributed by atoms with Gasteiger partial charge in [0.2, 0.25) is 5.91 Å². The van der Waals surface area contributed by atoms with Gasteiger partial charge in [-0.15, -0.1) is 0 Å². The summed E-state index contributed by atoms with van der Waals surface area (Å²) in [5.41, 5.74) is 0. The van der Waals surface area contributed by atoms with Crippen LogP contribution >= 0.6 is 0 Å². The molecule has 0 bridgehead atoms. The summed E-state index contributed by atoms with van der Waals surface area (Å²) < 4.78 is 34.2. The summed E-state index contributed by atoms with van der Waals surface area (Å²) >= 11 is 0. The van der Waals surface area contributed by atoms with Crippen LogP contribution in [0, 0.1) is 0 Å². The first-order chi connectivity index (χ1) is 40.8. The Labute approximate surface area is 504 Å². The van der Waals surface area contributed by atoms with Crippen LogP contribution in [0.5, 0.6) is 0 Å². The molecule has 0 aromatic rings. The third-order valence-corrected chi connectivity index (χ3v) is 16.7. The summed E-state index contributed by atoms with van der Waals surface area (Å²) in [5, 5.41) is 120. The lowest BCUT2D eigenvalue weighted by Gasteiger charge is -2.48. The van der Waals surface area contributed by atoms with Crippen LogP contribution in [0.15, 0.2) is 36.5 Å². The van der Waals surface area contributed by atoms with E-state index in [0.717, 1.165) is 70.6 Å². The van der Waals surface area contributed by atoms with Crippen molar-refractivity contribution in [3.05, 3.63) is 36.5 Å². The van der Waals surface area contributed by atoms with Crippen molar-refractivity contribution in [2.45, 2.75) is 343 Å². The number of allylic oxidation sites excluding steroid dienone is 6. The standard InChI is InChI=1S/C65H119NO18/c1-3-5-7-9-11-12-13-14-15-16-17-18-19-20-21-22-23-24-25-26-27-28-29-30-31-32-33-34-35-36-37-39-41-43-53(71)66-48(49(70)42-40-38-10-8-6-4-2)47-79-63-59(77)56(74)61(51(45-68)81-63)84-65-60(78)57(75)62(52(46-69)82-65)83-64-58(76)55(73)54(72)50(44-67)80-64/h13-14,16-17,19-20,48-52,54-65,67-70,72-78H,3-12,15,18,21-47H2,1-2H3,(H,66,71)/b14-13-,17-16-,20-19-. The fourth-order valence-electron chi connectivity index (χ4n) is 11.3. The van der Waals surface area contributed by atoms with E-state index in [4.69, 9.17) is 28.4 Å². The molecule has 19 heteroatoms. The first kappa shape index (κ1) is 76.3. The van der Waals surface area contributed by atoms with E-state index in [1.54, 1.807) is 0 Å². The third kappa shape index (κ3) is 30.5. The fourth-order valence-corrected chi connectivity index (χ4v) is 11.3. The molecule has 1 amide bonds. The van der Waals surface area contributed by atoms with Crippen molar-refractivity contribution in [1.82, 2.24) is 5.32 Å². The summed E-state index contributed by atoms with van der Waals surface area (Å²) in [6, 6.07) is -0.882. The van der Waals surface area contributed by atoms with Crippen LogP contribution in [-0.2, 0) is 33.2 Å². The molecule has 3 saturated heterocycles. The molecule has 0 aromatic carbocycles. The largest absolute Gasteiger partial charge is 0.394 e. The molecule has 3 aliphatic heterocycles. The molecule has 0 aliphatic carbocycles. The van der Waals surface area contributed by atoms with Crippen LogP contribution in [0.1, 0.15) is 239 Å². The minimum Gasteiger partial charge on any atom is -0.394 e. The monoisotopic (exact) mass is 1200 g/mol. The van der Waals surface area contributed by atoms with Crippen LogP contribution in [-0.4, -0.2) is 193 Å².